The van der Waals surface area contributed by atoms with Crippen LogP contribution in [0.2, 0.25) is 0 Å². The topological polar surface area (TPSA) is 271 Å². The number of allylic oxidation sites excluding steroid dienone is 3. The number of carbonyl (C=O) groups is 8. The summed E-state index contributed by atoms with van der Waals surface area (Å²) in [5, 5.41) is 4.92. The number of esters is 6. The number of hydrogen-bond acceptors (Lipinski definition) is 21. The van der Waals surface area contributed by atoms with E-state index in [0.29, 0.717) is 65.8 Å². The van der Waals surface area contributed by atoms with E-state index in [-0.39, 0.29) is 109 Å². The molecule has 22 nitrogen and oxygen atoms in total. The highest BCUT2D eigenvalue weighted by Crippen LogP contribution is 2.26. The summed E-state index contributed by atoms with van der Waals surface area (Å²) < 4.78 is 61.9. The maximum Gasteiger partial charge on any atom is 0.407 e. The smallest absolute Gasteiger partial charge is 0.407 e. The largest absolute Gasteiger partial charge is 0.490 e. The van der Waals surface area contributed by atoms with Gasteiger partial charge in [-0.2, -0.15) is 0 Å². The average molecular weight is 1480 g/mol. The van der Waals surface area contributed by atoms with Gasteiger partial charge >= 0.3 is 48.0 Å². The van der Waals surface area contributed by atoms with E-state index in [0.717, 1.165) is 35.8 Å². The number of carbonyl (C=O) groups excluding carboxylic acids is 8. The Balaban J connectivity index is 0.000000659. The van der Waals surface area contributed by atoms with Crippen molar-refractivity contribution in [3.8, 4) is 23.0 Å². The Labute approximate surface area is 627 Å². The van der Waals surface area contributed by atoms with Crippen molar-refractivity contribution in [2.75, 3.05) is 78.3 Å². The quantitative estimate of drug-likeness (QED) is 0.0138. The highest BCUT2D eigenvalue weighted by molar-refractivity contribution is 8.03. The molecule has 0 aromatic heterocycles. The Hall–Kier alpha value is -9.45. The fraction of sp³-hybridized carbons (Fsp3) is 0.463. The van der Waals surface area contributed by atoms with Crippen LogP contribution in [0.25, 0.3) is 0 Å². The van der Waals surface area contributed by atoms with Crippen molar-refractivity contribution in [3.05, 3.63) is 192 Å². The van der Waals surface area contributed by atoms with Crippen LogP contribution in [0.1, 0.15) is 175 Å². The number of thioether (sulfide) groups is 1. The Morgan fingerprint density at radius 1 is 0.457 bits per heavy atom. The molecule has 4 aromatic rings. The normalized spacial score (nSPS) is 11.3. The summed E-state index contributed by atoms with van der Waals surface area (Å²) in [6, 6.07) is 30.5. The van der Waals surface area contributed by atoms with Crippen molar-refractivity contribution in [1.82, 2.24) is 10.6 Å². The van der Waals surface area contributed by atoms with Crippen LogP contribution in [0.5, 0.6) is 23.0 Å². The van der Waals surface area contributed by atoms with Gasteiger partial charge in [-0.3, -0.25) is 9.59 Å². The van der Waals surface area contributed by atoms with E-state index in [4.69, 9.17) is 56.8 Å². The molecule has 105 heavy (non-hydrogen) atoms. The van der Waals surface area contributed by atoms with Crippen LogP contribution in [-0.2, 0) is 66.7 Å². The van der Waals surface area contributed by atoms with Gasteiger partial charge in [0.05, 0.1) is 51.2 Å². The van der Waals surface area contributed by atoms with Crippen LogP contribution in [-0.4, -0.2) is 145 Å². The van der Waals surface area contributed by atoms with E-state index in [1.807, 2.05) is 84.6 Å². The standard InChI is InChI=1S/C18H25NO5.C17H23NO5.C17H22O4.C16H20O4.C14H24O2S/c1-13(2)15-5-7-16(8-6-15)22-11-12-24-18(21)19-9-10-23-17(20)14(3)4;1-4-16(19)22-10-9-18-17(20)23-12-11-21-15-7-5-14(6-8-15)13(2)3;1-12(2)14-7-9-15(10-8-14)21-16(18)6-5-11-20-17(19)13(3)4;1-4-15(17)19-11-5-6-16(18)20-14-9-7-13(8-10-14)12(2)3;1-11(2)15-9-13(16-12(3)4)10-17-14-7-5-6-8-14/h5-8,13H,3,9-12H2,1-2,4H3,(H,19,21);4-8,13H,1,9-12H2,2-3H3,(H,18,20);7-10,12H,3,5-6,11H2,1-2,4H3;4,7-10,12H,1,5-6,11H2,2-3H3;5,7-8,11-13H,6,9-10H2,1-4H3. The number of benzene rings is 4. The molecule has 23 heteroatoms. The summed E-state index contributed by atoms with van der Waals surface area (Å²) in [6.45, 7) is 44.1. The van der Waals surface area contributed by atoms with Crippen molar-refractivity contribution < 1.29 is 95.2 Å². The van der Waals surface area contributed by atoms with E-state index < -0.39 is 36.1 Å². The molecule has 1 aliphatic rings. The van der Waals surface area contributed by atoms with Gasteiger partial charge in [0.2, 0.25) is 0 Å². The highest BCUT2D eigenvalue weighted by atomic mass is 32.2. The maximum atomic E-state index is 11.6. The van der Waals surface area contributed by atoms with Crippen molar-refractivity contribution in [1.29, 1.82) is 0 Å². The molecule has 578 valence electrons. The van der Waals surface area contributed by atoms with Gasteiger partial charge in [0, 0.05) is 46.8 Å². The summed E-state index contributed by atoms with van der Waals surface area (Å²) in [5.41, 5.74) is 5.54. The van der Waals surface area contributed by atoms with Gasteiger partial charge < -0.3 is 67.5 Å². The van der Waals surface area contributed by atoms with E-state index in [2.05, 4.69) is 138 Å². The molecule has 0 saturated carbocycles. The molecular weight excluding hydrogens is 1360 g/mol. The highest BCUT2D eigenvalue weighted by Gasteiger charge is 2.16. The zero-order valence-corrected chi connectivity index (χ0v) is 64.9. The van der Waals surface area contributed by atoms with Crippen LogP contribution in [0, 0.1) is 0 Å². The molecule has 4 aromatic carbocycles. The van der Waals surface area contributed by atoms with E-state index in [1.54, 1.807) is 38.1 Å². The van der Waals surface area contributed by atoms with E-state index >= 15 is 0 Å². The first kappa shape index (κ1) is 93.6. The Morgan fingerprint density at radius 2 is 0.819 bits per heavy atom. The predicted octanol–water partition coefficient (Wildman–Crippen LogP) is 16.3. The first-order valence-corrected chi connectivity index (χ1v) is 36.3. The molecule has 5 rings (SSSR count). The summed E-state index contributed by atoms with van der Waals surface area (Å²) >= 11 is 1.86. The minimum absolute atomic E-state index is 0.0681. The molecule has 0 saturated heterocycles. The average Bonchev–Trinajstić information content (AvgIpc) is 1.87. The van der Waals surface area contributed by atoms with Gasteiger partial charge in [-0.25, -0.2) is 28.8 Å². The summed E-state index contributed by atoms with van der Waals surface area (Å²) in [4.78, 5) is 91.1. The maximum absolute atomic E-state index is 11.6. The van der Waals surface area contributed by atoms with Gasteiger partial charge in [-0.05, 0) is 155 Å². The second-order valence-electron chi connectivity index (χ2n) is 25.2. The zero-order valence-electron chi connectivity index (χ0n) is 64.1. The second kappa shape index (κ2) is 56.0. The van der Waals surface area contributed by atoms with E-state index in [1.165, 1.54) is 27.2 Å². The molecule has 0 bridgehead atoms. The van der Waals surface area contributed by atoms with Crippen LogP contribution < -0.4 is 29.6 Å². The Kier molecular flexibility index (Phi) is 49.9. The number of rotatable bonds is 40. The molecule has 1 unspecified atom stereocenters. The molecule has 0 radical (unpaired) electrons. The second-order valence-corrected chi connectivity index (χ2v) is 26.3. The van der Waals surface area contributed by atoms with Gasteiger partial charge in [0.1, 0.15) is 62.6 Å². The molecule has 2 N–H and O–H groups in total. The predicted molar refractivity (Wildman–Crippen MR) is 411 cm³/mol. The third-order valence-corrected chi connectivity index (χ3v) is 15.0. The van der Waals surface area contributed by atoms with Crippen LogP contribution in [0.15, 0.2) is 170 Å². The number of nitrogens with one attached hydrogen (secondary N) is 2. The number of ether oxygens (including phenoxy) is 12. The summed E-state index contributed by atoms with van der Waals surface area (Å²) in [5.74, 6) is 2.71. The van der Waals surface area contributed by atoms with Gasteiger partial charge in [-0.1, -0.05) is 148 Å². The first-order chi connectivity index (χ1) is 49.9. The molecule has 2 amide bonds. The third-order valence-electron chi connectivity index (χ3n) is 13.9. The fourth-order valence-corrected chi connectivity index (χ4v) is 9.03. The van der Waals surface area contributed by atoms with Crippen molar-refractivity contribution in [3.63, 3.8) is 0 Å². The minimum Gasteiger partial charge on any atom is -0.490 e. The van der Waals surface area contributed by atoms with Crippen molar-refractivity contribution >= 4 is 59.8 Å². The fourth-order valence-electron chi connectivity index (χ4n) is 8.07. The first-order valence-electron chi connectivity index (χ1n) is 35.3. The van der Waals surface area contributed by atoms with Gasteiger partial charge in [0.15, 0.2) is 0 Å². The van der Waals surface area contributed by atoms with Gasteiger partial charge in [0.25, 0.3) is 0 Å². The lowest BCUT2D eigenvalue weighted by Crippen LogP contribution is -2.29. The molecule has 1 atom stereocenters. The molecule has 1 aliphatic carbocycles. The lowest BCUT2D eigenvalue weighted by molar-refractivity contribution is -0.141. The van der Waals surface area contributed by atoms with Crippen LogP contribution in [0.3, 0.4) is 0 Å². The number of hydrogen-bond donors (Lipinski definition) is 2. The number of amides is 2. The molecule has 0 fully saturated rings. The molecule has 0 spiro atoms. The van der Waals surface area contributed by atoms with Crippen molar-refractivity contribution in [2.45, 2.75) is 171 Å². The Morgan fingerprint density at radius 3 is 1.16 bits per heavy atom. The third kappa shape index (κ3) is 48.3. The lowest BCUT2D eigenvalue weighted by atomic mass is 10.0. The zero-order chi connectivity index (χ0) is 78.5. The SMILES string of the molecule is C=C(C)C(=O)OCCCC(=O)Oc1ccc(C(C)C)cc1.C=C(C)C(=O)OCCNC(=O)OCCOc1ccc(C(C)C)cc1.C=CC(=O)OCCCC(=O)Oc1ccc(C(C)C)cc1.C=CC(=O)OCCNC(=O)OCCOc1ccc(C(C)C)cc1.CC(C)OCC(CSC1=CCC=C1)OC(C)C. The molecule has 0 aliphatic heterocycles. The Bertz CT molecular complexity index is 3300. The van der Waals surface area contributed by atoms with E-state index in [9.17, 15) is 38.4 Å². The number of alkyl carbamates (subject to hydrolysis) is 2. The lowest BCUT2D eigenvalue weighted by Gasteiger charge is -2.21. The monoisotopic (exact) mass is 1480 g/mol. The van der Waals surface area contributed by atoms with Crippen LogP contribution >= 0.6 is 11.8 Å². The summed E-state index contributed by atoms with van der Waals surface area (Å²) in [7, 11) is 0. The summed E-state index contributed by atoms with van der Waals surface area (Å²) in [6.07, 6.45) is 10.6. The molecular formula is C82H114N2O20S. The van der Waals surface area contributed by atoms with Crippen molar-refractivity contribution in [2.24, 2.45) is 0 Å². The molecule has 0 heterocycles. The minimum atomic E-state index is -0.585. The van der Waals surface area contributed by atoms with Gasteiger partial charge in [-0.15, -0.1) is 11.8 Å². The van der Waals surface area contributed by atoms with Crippen LogP contribution in [0.4, 0.5) is 9.59 Å².